The summed E-state index contributed by atoms with van der Waals surface area (Å²) in [5, 5.41) is 9.73. The van der Waals surface area contributed by atoms with Crippen LogP contribution >= 0.6 is 0 Å². The first-order chi connectivity index (χ1) is 10.6. The standard InChI is InChI=1S/C17H19NO3S/c19-12-17-16-9-5-4-8-15(16)10-11-18(17)22(20,21)13-14-6-2-1-3-7-14/h1-9,17,19H,10-13H2/t17-/m1/s1. The molecule has 0 spiro atoms. The van der Waals surface area contributed by atoms with Gasteiger partial charge in [-0.25, -0.2) is 8.42 Å². The molecule has 0 radical (unpaired) electrons. The number of hydrogen-bond donors (Lipinski definition) is 1. The normalized spacial score (nSPS) is 18.9. The second-order valence-corrected chi connectivity index (χ2v) is 7.42. The van der Waals surface area contributed by atoms with Crippen LogP contribution in [0.25, 0.3) is 0 Å². The third kappa shape index (κ3) is 2.92. The topological polar surface area (TPSA) is 57.6 Å². The molecule has 0 amide bonds. The van der Waals surface area contributed by atoms with Gasteiger partial charge in [-0.15, -0.1) is 0 Å². The van der Waals surface area contributed by atoms with E-state index in [1.807, 2.05) is 54.6 Å². The Morgan fingerprint density at radius 3 is 2.45 bits per heavy atom. The summed E-state index contributed by atoms with van der Waals surface area (Å²) in [5.74, 6) is -0.0352. The van der Waals surface area contributed by atoms with Gasteiger partial charge in [0.25, 0.3) is 0 Å². The van der Waals surface area contributed by atoms with Crippen molar-refractivity contribution in [3.8, 4) is 0 Å². The molecule has 116 valence electrons. The van der Waals surface area contributed by atoms with Crippen LogP contribution in [0.2, 0.25) is 0 Å². The Morgan fingerprint density at radius 1 is 1.05 bits per heavy atom. The highest BCUT2D eigenvalue weighted by molar-refractivity contribution is 7.88. The average Bonchev–Trinajstić information content (AvgIpc) is 2.54. The Labute approximate surface area is 131 Å². The van der Waals surface area contributed by atoms with E-state index in [9.17, 15) is 13.5 Å². The van der Waals surface area contributed by atoms with Gasteiger partial charge in [0.15, 0.2) is 0 Å². The van der Waals surface area contributed by atoms with E-state index in [0.29, 0.717) is 13.0 Å². The van der Waals surface area contributed by atoms with E-state index in [-0.39, 0.29) is 12.4 Å². The molecule has 5 heteroatoms. The van der Waals surface area contributed by atoms with Crippen molar-refractivity contribution in [2.45, 2.75) is 18.2 Å². The number of sulfonamides is 1. The lowest BCUT2D eigenvalue weighted by molar-refractivity contribution is 0.180. The zero-order valence-corrected chi connectivity index (χ0v) is 13.0. The van der Waals surface area contributed by atoms with E-state index in [1.54, 1.807) is 0 Å². The first-order valence-corrected chi connectivity index (χ1v) is 8.95. The Hall–Kier alpha value is -1.69. The van der Waals surface area contributed by atoms with Gasteiger partial charge in [-0.2, -0.15) is 4.31 Å². The van der Waals surface area contributed by atoms with Crippen LogP contribution in [-0.4, -0.2) is 31.0 Å². The third-order valence-electron chi connectivity index (χ3n) is 4.09. The maximum atomic E-state index is 12.7. The van der Waals surface area contributed by atoms with Crippen molar-refractivity contribution in [1.82, 2.24) is 4.31 Å². The first-order valence-electron chi connectivity index (χ1n) is 7.34. The first kappa shape index (κ1) is 15.2. The van der Waals surface area contributed by atoms with E-state index in [0.717, 1.165) is 16.7 Å². The lowest BCUT2D eigenvalue weighted by atomic mass is 9.95. The third-order valence-corrected chi connectivity index (χ3v) is 5.94. The summed E-state index contributed by atoms with van der Waals surface area (Å²) in [6, 6.07) is 16.4. The molecule has 2 aromatic rings. The molecule has 3 rings (SSSR count). The number of aliphatic hydroxyl groups is 1. The SMILES string of the molecule is O=S(=O)(Cc1ccccc1)N1CCc2ccccc2[C@H]1CO. The summed E-state index contributed by atoms with van der Waals surface area (Å²) in [7, 11) is -3.47. The smallest absolute Gasteiger partial charge is 0.218 e. The summed E-state index contributed by atoms with van der Waals surface area (Å²) >= 11 is 0. The molecule has 0 aromatic heterocycles. The van der Waals surface area contributed by atoms with Crippen molar-refractivity contribution in [3.05, 3.63) is 71.3 Å². The van der Waals surface area contributed by atoms with Crippen LogP contribution in [0.4, 0.5) is 0 Å². The zero-order valence-electron chi connectivity index (χ0n) is 12.2. The van der Waals surface area contributed by atoms with Gasteiger partial charge in [-0.3, -0.25) is 0 Å². The lowest BCUT2D eigenvalue weighted by Gasteiger charge is -2.35. The Balaban J connectivity index is 1.91. The molecule has 1 atom stereocenters. The molecular weight excluding hydrogens is 298 g/mol. The Bertz CT molecular complexity index is 744. The number of fused-ring (bicyclic) bond motifs is 1. The van der Waals surface area contributed by atoms with Gasteiger partial charge in [0.05, 0.1) is 18.4 Å². The summed E-state index contributed by atoms with van der Waals surface area (Å²) in [4.78, 5) is 0. The average molecular weight is 317 g/mol. The largest absolute Gasteiger partial charge is 0.394 e. The zero-order chi connectivity index (χ0) is 15.6. The van der Waals surface area contributed by atoms with Crippen molar-refractivity contribution in [2.24, 2.45) is 0 Å². The van der Waals surface area contributed by atoms with Crippen molar-refractivity contribution in [2.75, 3.05) is 13.2 Å². The monoisotopic (exact) mass is 317 g/mol. The van der Waals surface area contributed by atoms with Crippen LogP contribution in [0.3, 0.4) is 0 Å². The van der Waals surface area contributed by atoms with Gasteiger partial charge < -0.3 is 5.11 Å². The molecule has 0 saturated carbocycles. The molecule has 1 aliphatic heterocycles. The molecular formula is C17H19NO3S. The van der Waals surface area contributed by atoms with E-state index in [4.69, 9.17) is 0 Å². The van der Waals surface area contributed by atoms with E-state index >= 15 is 0 Å². The van der Waals surface area contributed by atoms with Crippen LogP contribution < -0.4 is 0 Å². The van der Waals surface area contributed by atoms with Gasteiger partial charge in [0, 0.05) is 6.54 Å². The minimum absolute atomic E-state index is 0.0352. The summed E-state index contributed by atoms with van der Waals surface area (Å²) < 4.78 is 26.9. The maximum Gasteiger partial charge on any atom is 0.218 e. The van der Waals surface area contributed by atoms with Gasteiger partial charge in [0.2, 0.25) is 10.0 Å². The van der Waals surface area contributed by atoms with E-state index < -0.39 is 16.1 Å². The highest BCUT2D eigenvalue weighted by Gasteiger charge is 2.34. The van der Waals surface area contributed by atoms with Crippen molar-refractivity contribution >= 4 is 10.0 Å². The number of benzene rings is 2. The molecule has 0 unspecified atom stereocenters. The molecule has 1 aliphatic rings. The van der Waals surface area contributed by atoms with Gasteiger partial charge in [-0.05, 0) is 23.1 Å². The quantitative estimate of drug-likeness (QED) is 0.939. The number of aliphatic hydroxyl groups excluding tert-OH is 1. The van der Waals surface area contributed by atoms with Crippen LogP contribution in [0.15, 0.2) is 54.6 Å². The number of rotatable bonds is 4. The molecule has 1 heterocycles. The molecule has 4 nitrogen and oxygen atoms in total. The molecule has 2 aromatic carbocycles. The van der Waals surface area contributed by atoms with Gasteiger partial charge >= 0.3 is 0 Å². The van der Waals surface area contributed by atoms with Crippen molar-refractivity contribution in [3.63, 3.8) is 0 Å². The van der Waals surface area contributed by atoms with Crippen LogP contribution in [0.5, 0.6) is 0 Å². The minimum atomic E-state index is -3.47. The van der Waals surface area contributed by atoms with Crippen LogP contribution in [-0.2, 0) is 22.2 Å². The fourth-order valence-corrected chi connectivity index (χ4v) is 4.74. The number of nitrogens with zero attached hydrogens (tertiary/aromatic N) is 1. The lowest BCUT2D eigenvalue weighted by Crippen LogP contribution is -2.42. The summed E-state index contributed by atoms with van der Waals surface area (Å²) in [6.45, 7) is 0.211. The summed E-state index contributed by atoms with van der Waals surface area (Å²) in [6.07, 6.45) is 0.681. The van der Waals surface area contributed by atoms with Crippen LogP contribution in [0.1, 0.15) is 22.7 Å². The Morgan fingerprint density at radius 2 is 1.73 bits per heavy atom. The molecule has 0 aliphatic carbocycles. The fourth-order valence-electron chi connectivity index (χ4n) is 3.02. The second-order valence-electron chi connectivity index (χ2n) is 5.50. The molecule has 0 saturated heterocycles. The van der Waals surface area contributed by atoms with Crippen molar-refractivity contribution < 1.29 is 13.5 Å². The Kier molecular flexibility index (Phi) is 4.29. The highest BCUT2D eigenvalue weighted by atomic mass is 32.2. The predicted molar refractivity (Wildman–Crippen MR) is 85.7 cm³/mol. The summed E-state index contributed by atoms with van der Waals surface area (Å²) in [5.41, 5.74) is 2.79. The minimum Gasteiger partial charge on any atom is -0.394 e. The van der Waals surface area contributed by atoms with E-state index in [2.05, 4.69) is 0 Å². The van der Waals surface area contributed by atoms with E-state index in [1.165, 1.54) is 4.31 Å². The predicted octanol–water partition coefficient (Wildman–Crippen LogP) is 2.11. The molecule has 0 fully saturated rings. The van der Waals surface area contributed by atoms with Gasteiger partial charge in [0.1, 0.15) is 0 Å². The van der Waals surface area contributed by atoms with Crippen molar-refractivity contribution in [1.29, 1.82) is 0 Å². The second kappa shape index (κ2) is 6.20. The fraction of sp³-hybridized carbons (Fsp3) is 0.294. The number of hydrogen-bond acceptors (Lipinski definition) is 3. The maximum absolute atomic E-state index is 12.7. The molecule has 0 bridgehead atoms. The molecule has 22 heavy (non-hydrogen) atoms. The highest BCUT2D eigenvalue weighted by Crippen LogP contribution is 2.32. The van der Waals surface area contributed by atoms with Crippen LogP contribution in [0, 0.1) is 0 Å². The van der Waals surface area contributed by atoms with Gasteiger partial charge in [-0.1, -0.05) is 54.6 Å². The molecule has 1 N–H and O–H groups in total.